The molecule has 1 aromatic heterocycles. The number of hydrogen-bond donors (Lipinski definition) is 1. The van der Waals surface area contributed by atoms with Gasteiger partial charge in [-0.25, -0.2) is 4.98 Å². The SMILES string of the molecule is COC(=O)Cc1cc2nc(Nc3ccc(OC(F)(F)F)cc3)n([C@H]3C[C@@H](C)CC(C)(C)C3)c2cc1OC. The Morgan fingerprint density at radius 2 is 1.86 bits per heavy atom. The third-order valence-electron chi connectivity index (χ3n) is 6.73. The van der Waals surface area contributed by atoms with Crippen molar-refractivity contribution in [3.05, 3.63) is 42.0 Å². The Hall–Kier alpha value is -3.43. The third kappa shape index (κ3) is 6.29. The topological polar surface area (TPSA) is 74.6 Å². The van der Waals surface area contributed by atoms with E-state index in [-0.39, 0.29) is 29.6 Å². The van der Waals surface area contributed by atoms with Crippen LogP contribution in [0.1, 0.15) is 51.6 Å². The van der Waals surface area contributed by atoms with E-state index in [2.05, 4.69) is 35.4 Å². The minimum absolute atomic E-state index is 0.0411. The average molecular weight is 520 g/mol. The van der Waals surface area contributed by atoms with Gasteiger partial charge in [0.2, 0.25) is 5.95 Å². The van der Waals surface area contributed by atoms with Crippen LogP contribution >= 0.6 is 0 Å². The molecule has 7 nitrogen and oxygen atoms in total. The number of nitrogens with one attached hydrogen (secondary N) is 1. The fourth-order valence-electron chi connectivity index (χ4n) is 5.54. The summed E-state index contributed by atoms with van der Waals surface area (Å²) in [5, 5.41) is 3.28. The minimum atomic E-state index is -4.76. The van der Waals surface area contributed by atoms with Crippen LogP contribution in [0.3, 0.4) is 0 Å². The lowest BCUT2D eigenvalue weighted by Gasteiger charge is -2.40. The number of hydrogen-bond acceptors (Lipinski definition) is 6. The lowest BCUT2D eigenvalue weighted by Crippen LogP contribution is -2.29. The smallest absolute Gasteiger partial charge is 0.496 e. The number of nitrogens with zero attached hydrogens (tertiary/aromatic N) is 2. The largest absolute Gasteiger partial charge is 0.573 e. The van der Waals surface area contributed by atoms with Crippen LogP contribution in [0.4, 0.5) is 24.8 Å². The predicted molar refractivity (Wildman–Crippen MR) is 134 cm³/mol. The van der Waals surface area contributed by atoms with Gasteiger partial charge in [0, 0.05) is 23.4 Å². The summed E-state index contributed by atoms with van der Waals surface area (Å²) in [5.74, 6) is 0.929. The fraction of sp³-hybridized carbons (Fsp3) is 0.481. The van der Waals surface area contributed by atoms with E-state index in [1.807, 2.05) is 12.1 Å². The molecule has 4 rings (SSSR count). The van der Waals surface area contributed by atoms with Crippen molar-refractivity contribution in [3.63, 3.8) is 0 Å². The maximum absolute atomic E-state index is 12.6. The van der Waals surface area contributed by atoms with E-state index in [9.17, 15) is 18.0 Å². The maximum Gasteiger partial charge on any atom is 0.573 e. The van der Waals surface area contributed by atoms with Crippen LogP contribution in [0, 0.1) is 11.3 Å². The van der Waals surface area contributed by atoms with Crippen molar-refractivity contribution in [2.24, 2.45) is 11.3 Å². The monoisotopic (exact) mass is 519 g/mol. The van der Waals surface area contributed by atoms with Crippen LogP contribution in [0.25, 0.3) is 11.0 Å². The van der Waals surface area contributed by atoms with Crippen LogP contribution in [-0.4, -0.2) is 36.1 Å². The summed E-state index contributed by atoms with van der Waals surface area (Å²) in [7, 11) is 2.89. The first kappa shape index (κ1) is 26.6. The summed E-state index contributed by atoms with van der Waals surface area (Å²) in [6, 6.07) is 9.39. The molecular weight excluding hydrogens is 487 g/mol. The third-order valence-corrected chi connectivity index (χ3v) is 6.73. The molecule has 1 aliphatic rings. The Balaban J connectivity index is 1.78. The summed E-state index contributed by atoms with van der Waals surface area (Å²) in [4.78, 5) is 16.8. The van der Waals surface area contributed by atoms with Gasteiger partial charge in [-0.05, 0) is 60.9 Å². The molecule has 2 aromatic carbocycles. The normalized spacial score (nSPS) is 19.5. The molecule has 0 spiro atoms. The molecule has 0 aliphatic heterocycles. The molecular formula is C27H32F3N3O4. The van der Waals surface area contributed by atoms with E-state index in [1.165, 1.54) is 31.4 Å². The number of alkyl halides is 3. The van der Waals surface area contributed by atoms with Crippen molar-refractivity contribution in [3.8, 4) is 11.5 Å². The number of anilines is 2. The lowest BCUT2D eigenvalue weighted by atomic mass is 9.70. The van der Waals surface area contributed by atoms with Crippen LogP contribution < -0.4 is 14.8 Å². The second kappa shape index (κ2) is 10.1. The first-order valence-corrected chi connectivity index (χ1v) is 12.2. The molecule has 0 bridgehead atoms. The molecule has 2 atom stereocenters. The standard InChI is InChI=1S/C27H32F3N3O4/c1-16-10-19(15-26(2,3)14-16)33-22-13-23(35-4)17(12-24(34)36-5)11-21(22)32-25(33)31-18-6-8-20(9-7-18)37-27(28,29)30/h6-9,11,13,16,19H,10,12,14-15H2,1-5H3,(H,31,32)/t16-,19+/m1/s1. The van der Waals surface area contributed by atoms with Gasteiger partial charge in [0.1, 0.15) is 11.5 Å². The summed E-state index contributed by atoms with van der Waals surface area (Å²) in [5.41, 5.74) is 2.87. The van der Waals surface area contributed by atoms with E-state index in [0.29, 0.717) is 34.4 Å². The molecule has 1 fully saturated rings. The van der Waals surface area contributed by atoms with Gasteiger partial charge in [-0.15, -0.1) is 13.2 Å². The van der Waals surface area contributed by atoms with E-state index < -0.39 is 6.36 Å². The first-order chi connectivity index (χ1) is 17.4. The van der Waals surface area contributed by atoms with E-state index in [0.717, 1.165) is 24.8 Å². The van der Waals surface area contributed by atoms with Crippen molar-refractivity contribution in [2.75, 3.05) is 19.5 Å². The summed E-state index contributed by atoms with van der Waals surface area (Å²) >= 11 is 0. The fourth-order valence-corrected chi connectivity index (χ4v) is 5.54. The van der Waals surface area contributed by atoms with Crippen LogP contribution in [0.5, 0.6) is 11.5 Å². The highest BCUT2D eigenvalue weighted by Crippen LogP contribution is 2.46. The summed E-state index contributed by atoms with van der Waals surface area (Å²) < 4.78 is 54.3. The minimum Gasteiger partial charge on any atom is -0.496 e. The molecule has 10 heteroatoms. The number of benzene rings is 2. The van der Waals surface area contributed by atoms with E-state index in [1.54, 1.807) is 7.11 Å². The van der Waals surface area contributed by atoms with Crippen molar-refractivity contribution >= 4 is 28.6 Å². The number of imidazole rings is 1. The molecule has 0 saturated heterocycles. The molecule has 200 valence electrons. The maximum atomic E-state index is 12.6. The highest BCUT2D eigenvalue weighted by atomic mass is 19.4. The Kier molecular flexibility index (Phi) is 7.30. The number of carbonyl (C=O) groups excluding carboxylic acids is 1. The number of halogens is 3. The Labute approximate surface area is 213 Å². The molecule has 0 unspecified atom stereocenters. The van der Waals surface area contributed by atoms with E-state index in [4.69, 9.17) is 14.5 Å². The molecule has 1 saturated carbocycles. The first-order valence-electron chi connectivity index (χ1n) is 12.2. The van der Waals surface area contributed by atoms with Crippen LogP contribution in [0.2, 0.25) is 0 Å². The Bertz CT molecular complexity index is 1270. The van der Waals surface area contributed by atoms with Crippen molar-refractivity contribution < 1.29 is 32.2 Å². The van der Waals surface area contributed by atoms with Gasteiger partial charge in [0.05, 0.1) is 31.7 Å². The van der Waals surface area contributed by atoms with Crippen LogP contribution in [0.15, 0.2) is 36.4 Å². The number of rotatable bonds is 7. The number of fused-ring (bicyclic) bond motifs is 1. The average Bonchev–Trinajstić information content (AvgIpc) is 3.13. The number of esters is 1. The van der Waals surface area contributed by atoms with Crippen molar-refractivity contribution in [1.82, 2.24) is 9.55 Å². The van der Waals surface area contributed by atoms with Gasteiger partial charge in [0.25, 0.3) is 0 Å². The number of carbonyl (C=O) groups is 1. The second-order valence-electron chi connectivity index (χ2n) is 10.5. The van der Waals surface area contributed by atoms with Crippen LogP contribution in [-0.2, 0) is 16.0 Å². The molecule has 37 heavy (non-hydrogen) atoms. The van der Waals surface area contributed by atoms with Gasteiger partial charge >= 0.3 is 12.3 Å². The highest BCUT2D eigenvalue weighted by Gasteiger charge is 2.35. The van der Waals surface area contributed by atoms with E-state index >= 15 is 0 Å². The van der Waals surface area contributed by atoms with Gasteiger partial charge in [-0.3, -0.25) is 4.79 Å². The number of methoxy groups -OCH3 is 2. The van der Waals surface area contributed by atoms with Crippen molar-refractivity contribution in [1.29, 1.82) is 0 Å². The van der Waals surface area contributed by atoms with Gasteiger partial charge in [-0.2, -0.15) is 0 Å². The molecule has 0 radical (unpaired) electrons. The molecule has 1 N–H and O–H groups in total. The lowest BCUT2D eigenvalue weighted by molar-refractivity contribution is -0.274. The molecule has 3 aromatic rings. The Morgan fingerprint density at radius 3 is 2.46 bits per heavy atom. The zero-order chi connectivity index (χ0) is 27.0. The molecule has 1 heterocycles. The second-order valence-corrected chi connectivity index (χ2v) is 10.5. The highest BCUT2D eigenvalue weighted by molar-refractivity contribution is 5.84. The predicted octanol–water partition coefficient (Wildman–Crippen LogP) is 6.79. The zero-order valence-electron chi connectivity index (χ0n) is 21.6. The summed E-state index contributed by atoms with van der Waals surface area (Å²) in [6.07, 6.45) is -1.71. The number of aromatic nitrogens is 2. The van der Waals surface area contributed by atoms with Gasteiger partial charge in [-0.1, -0.05) is 20.8 Å². The summed E-state index contributed by atoms with van der Waals surface area (Å²) in [6.45, 7) is 6.77. The van der Waals surface area contributed by atoms with Gasteiger partial charge < -0.3 is 24.1 Å². The molecule has 0 amide bonds. The number of ether oxygens (including phenoxy) is 3. The zero-order valence-corrected chi connectivity index (χ0v) is 21.6. The Morgan fingerprint density at radius 1 is 1.16 bits per heavy atom. The molecule has 1 aliphatic carbocycles. The van der Waals surface area contributed by atoms with Gasteiger partial charge in [0.15, 0.2) is 0 Å². The van der Waals surface area contributed by atoms with Crippen molar-refractivity contribution in [2.45, 2.75) is 58.9 Å². The quantitative estimate of drug-likeness (QED) is 0.347.